The molecular formula is C9H14N4O. The second kappa shape index (κ2) is 4.66. The van der Waals surface area contributed by atoms with E-state index in [4.69, 9.17) is 5.73 Å². The average Bonchev–Trinajstić information content (AvgIpc) is 2.15. The number of carbonyl (C=O) groups is 1. The van der Waals surface area contributed by atoms with Crippen LogP contribution in [0.15, 0.2) is 12.5 Å². The van der Waals surface area contributed by atoms with Gasteiger partial charge in [-0.15, -0.1) is 0 Å². The smallest absolute Gasteiger partial charge is 0.254 e. The van der Waals surface area contributed by atoms with E-state index >= 15 is 0 Å². The lowest BCUT2D eigenvalue weighted by Crippen LogP contribution is -2.35. The summed E-state index contributed by atoms with van der Waals surface area (Å²) < 4.78 is 0. The van der Waals surface area contributed by atoms with Crippen molar-refractivity contribution in [3.05, 3.63) is 23.8 Å². The standard InChI is InChI=1S/C9H14N4O/c1-6(10)3-12-9(14)8-4-11-5-13-7(8)2/h4-6H,3,10H2,1-2H3,(H,12,14). The highest BCUT2D eigenvalue weighted by atomic mass is 16.1. The molecular weight excluding hydrogens is 180 g/mol. The minimum absolute atomic E-state index is 0.0520. The summed E-state index contributed by atoms with van der Waals surface area (Å²) in [5.74, 6) is -0.180. The van der Waals surface area contributed by atoms with Gasteiger partial charge < -0.3 is 11.1 Å². The number of rotatable bonds is 3. The van der Waals surface area contributed by atoms with E-state index < -0.39 is 0 Å². The van der Waals surface area contributed by atoms with Crippen molar-refractivity contribution >= 4 is 5.91 Å². The predicted molar refractivity (Wildman–Crippen MR) is 52.8 cm³/mol. The third-order valence-electron chi connectivity index (χ3n) is 1.74. The minimum atomic E-state index is -0.180. The maximum absolute atomic E-state index is 11.5. The zero-order valence-corrected chi connectivity index (χ0v) is 8.32. The Morgan fingerprint density at radius 3 is 3.00 bits per heavy atom. The number of nitrogens with zero attached hydrogens (tertiary/aromatic N) is 2. The van der Waals surface area contributed by atoms with Crippen LogP contribution in [0.5, 0.6) is 0 Å². The number of nitrogens with two attached hydrogens (primary N) is 1. The van der Waals surface area contributed by atoms with Crippen molar-refractivity contribution in [2.24, 2.45) is 5.73 Å². The highest BCUT2D eigenvalue weighted by Crippen LogP contribution is 2.00. The van der Waals surface area contributed by atoms with E-state index in [1.54, 1.807) is 6.92 Å². The van der Waals surface area contributed by atoms with Crippen molar-refractivity contribution < 1.29 is 4.79 Å². The van der Waals surface area contributed by atoms with Gasteiger partial charge in [-0.1, -0.05) is 0 Å². The molecule has 0 aliphatic carbocycles. The molecule has 0 aliphatic rings. The van der Waals surface area contributed by atoms with E-state index in [-0.39, 0.29) is 11.9 Å². The molecule has 1 amide bonds. The molecule has 0 radical (unpaired) electrons. The van der Waals surface area contributed by atoms with Gasteiger partial charge in [-0.2, -0.15) is 0 Å². The topological polar surface area (TPSA) is 80.9 Å². The van der Waals surface area contributed by atoms with Crippen LogP contribution >= 0.6 is 0 Å². The van der Waals surface area contributed by atoms with E-state index in [2.05, 4.69) is 15.3 Å². The number of amides is 1. The maximum Gasteiger partial charge on any atom is 0.254 e. The summed E-state index contributed by atoms with van der Waals surface area (Å²) in [5.41, 5.74) is 6.67. The molecule has 0 saturated carbocycles. The highest BCUT2D eigenvalue weighted by Gasteiger charge is 2.09. The summed E-state index contributed by atoms with van der Waals surface area (Å²) in [7, 11) is 0. The summed E-state index contributed by atoms with van der Waals surface area (Å²) in [6, 6.07) is -0.0520. The molecule has 1 rings (SSSR count). The van der Waals surface area contributed by atoms with Gasteiger partial charge in [0.05, 0.1) is 11.3 Å². The molecule has 5 heteroatoms. The first kappa shape index (κ1) is 10.6. The fraction of sp³-hybridized carbons (Fsp3) is 0.444. The van der Waals surface area contributed by atoms with Gasteiger partial charge in [0.15, 0.2) is 0 Å². The molecule has 0 aliphatic heterocycles. The Hall–Kier alpha value is -1.49. The van der Waals surface area contributed by atoms with E-state index in [0.29, 0.717) is 17.8 Å². The molecule has 1 atom stereocenters. The van der Waals surface area contributed by atoms with Crippen LogP contribution in [0.25, 0.3) is 0 Å². The number of hydrogen-bond donors (Lipinski definition) is 2. The third-order valence-corrected chi connectivity index (χ3v) is 1.74. The van der Waals surface area contributed by atoms with Crippen LogP contribution in [0.2, 0.25) is 0 Å². The van der Waals surface area contributed by atoms with Crippen molar-refractivity contribution in [3.8, 4) is 0 Å². The second-order valence-corrected chi connectivity index (χ2v) is 3.21. The molecule has 1 heterocycles. The normalized spacial score (nSPS) is 12.2. The number of hydrogen-bond acceptors (Lipinski definition) is 4. The predicted octanol–water partition coefficient (Wildman–Crippen LogP) is -0.138. The van der Waals surface area contributed by atoms with Crippen LogP contribution in [0.1, 0.15) is 23.0 Å². The molecule has 76 valence electrons. The molecule has 0 fully saturated rings. The molecule has 1 unspecified atom stereocenters. The Kier molecular flexibility index (Phi) is 3.53. The van der Waals surface area contributed by atoms with Gasteiger partial charge in [-0.05, 0) is 13.8 Å². The lowest BCUT2D eigenvalue weighted by atomic mass is 10.2. The Morgan fingerprint density at radius 1 is 1.71 bits per heavy atom. The van der Waals surface area contributed by atoms with Crippen LogP contribution in [-0.2, 0) is 0 Å². The summed E-state index contributed by atoms with van der Waals surface area (Å²) in [4.78, 5) is 19.2. The molecule has 14 heavy (non-hydrogen) atoms. The van der Waals surface area contributed by atoms with E-state index in [1.165, 1.54) is 12.5 Å². The summed E-state index contributed by atoms with van der Waals surface area (Å²) in [6.07, 6.45) is 2.91. The molecule has 0 aromatic carbocycles. The SMILES string of the molecule is Cc1ncncc1C(=O)NCC(C)N. The van der Waals surface area contributed by atoms with Crippen LogP contribution in [0, 0.1) is 6.92 Å². The lowest BCUT2D eigenvalue weighted by molar-refractivity contribution is 0.0950. The largest absolute Gasteiger partial charge is 0.350 e. The quantitative estimate of drug-likeness (QED) is 0.702. The Balaban J connectivity index is 2.65. The first-order valence-corrected chi connectivity index (χ1v) is 4.41. The van der Waals surface area contributed by atoms with Crippen molar-refractivity contribution in [2.75, 3.05) is 6.54 Å². The molecule has 0 spiro atoms. The van der Waals surface area contributed by atoms with Gasteiger partial charge in [0, 0.05) is 18.8 Å². The minimum Gasteiger partial charge on any atom is -0.350 e. The number of nitrogens with one attached hydrogen (secondary N) is 1. The van der Waals surface area contributed by atoms with E-state index in [0.717, 1.165) is 0 Å². The third kappa shape index (κ3) is 2.77. The molecule has 1 aromatic rings. The van der Waals surface area contributed by atoms with Crippen LogP contribution in [0.3, 0.4) is 0 Å². The van der Waals surface area contributed by atoms with Crippen molar-refractivity contribution in [3.63, 3.8) is 0 Å². The molecule has 1 aromatic heterocycles. The zero-order chi connectivity index (χ0) is 10.6. The number of carbonyl (C=O) groups excluding carboxylic acids is 1. The van der Waals surface area contributed by atoms with E-state index in [1.807, 2.05) is 6.92 Å². The summed E-state index contributed by atoms with van der Waals surface area (Å²) in [5, 5.41) is 2.70. The van der Waals surface area contributed by atoms with Gasteiger partial charge in [0.25, 0.3) is 5.91 Å². The lowest BCUT2D eigenvalue weighted by Gasteiger charge is -2.08. The second-order valence-electron chi connectivity index (χ2n) is 3.21. The Bertz CT molecular complexity index is 324. The van der Waals surface area contributed by atoms with Gasteiger partial charge >= 0.3 is 0 Å². The van der Waals surface area contributed by atoms with Gasteiger partial charge in [0.2, 0.25) is 0 Å². The fourth-order valence-corrected chi connectivity index (χ4v) is 0.963. The molecule has 0 bridgehead atoms. The van der Waals surface area contributed by atoms with Gasteiger partial charge in [0.1, 0.15) is 6.33 Å². The van der Waals surface area contributed by atoms with Crippen molar-refractivity contribution in [1.29, 1.82) is 0 Å². The van der Waals surface area contributed by atoms with Crippen molar-refractivity contribution in [2.45, 2.75) is 19.9 Å². The Labute approximate surface area is 82.7 Å². The molecule has 0 saturated heterocycles. The number of aryl methyl sites for hydroxylation is 1. The maximum atomic E-state index is 11.5. The fourth-order valence-electron chi connectivity index (χ4n) is 0.963. The van der Waals surface area contributed by atoms with Gasteiger partial charge in [-0.25, -0.2) is 9.97 Å². The monoisotopic (exact) mass is 194 g/mol. The molecule has 5 nitrogen and oxygen atoms in total. The van der Waals surface area contributed by atoms with Crippen molar-refractivity contribution in [1.82, 2.24) is 15.3 Å². The van der Waals surface area contributed by atoms with Crippen LogP contribution in [0.4, 0.5) is 0 Å². The summed E-state index contributed by atoms with van der Waals surface area (Å²) >= 11 is 0. The number of aromatic nitrogens is 2. The van der Waals surface area contributed by atoms with Crippen LogP contribution in [-0.4, -0.2) is 28.5 Å². The highest BCUT2D eigenvalue weighted by molar-refractivity contribution is 5.94. The average molecular weight is 194 g/mol. The summed E-state index contributed by atoms with van der Waals surface area (Å²) in [6.45, 7) is 4.05. The first-order chi connectivity index (χ1) is 6.61. The zero-order valence-electron chi connectivity index (χ0n) is 8.32. The van der Waals surface area contributed by atoms with Gasteiger partial charge in [-0.3, -0.25) is 4.79 Å². The first-order valence-electron chi connectivity index (χ1n) is 4.41. The molecule has 3 N–H and O–H groups in total. The van der Waals surface area contributed by atoms with E-state index in [9.17, 15) is 4.79 Å². The van der Waals surface area contributed by atoms with Crippen LogP contribution < -0.4 is 11.1 Å². The Morgan fingerprint density at radius 2 is 2.43 bits per heavy atom.